The molecule has 0 amide bonds. The summed E-state index contributed by atoms with van der Waals surface area (Å²) < 4.78 is 8.12. The Bertz CT molecular complexity index is 383. The van der Waals surface area contributed by atoms with Gasteiger partial charge in [-0.15, -0.1) is 0 Å². The molecule has 0 aliphatic carbocycles. The quantitative estimate of drug-likeness (QED) is 0.850. The molecule has 4 nitrogen and oxygen atoms in total. The Labute approximate surface area is 102 Å². The molecule has 0 radical (unpaired) electrons. The van der Waals surface area contributed by atoms with Gasteiger partial charge in [0.15, 0.2) is 0 Å². The van der Waals surface area contributed by atoms with Gasteiger partial charge in [-0.25, -0.2) is 4.98 Å². The number of nitrogens with zero attached hydrogens (tertiary/aromatic N) is 2. The van der Waals surface area contributed by atoms with E-state index in [1.807, 2.05) is 6.20 Å². The summed E-state index contributed by atoms with van der Waals surface area (Å²) in [6.45, 7) is 2.14. The molecule has 3 rings (SSSR count). The molecule has 0 bridgehead atoms. The minimum Gasteiger partial charge on any atom is -0.396 e. The smallest absolute Gasteiger partial charge is 0.138 e. The molecule has 1 aromatic rings. The number of aliphatic hydroxyl groups excluding tert-OH is 1. The lowest BCUT2D eigenvalue weighted by Gasteiger charge is -2.27. The van der Waals surface area contributed by atoms with Crippen LogP contribution in [0.2, 0.25) is 0 Å². The van der Waals surface area contributed by atoms with Crippen LogP contribution in [0.4, 0.5) is 0 Å². The standard InChI is InChI=1S/C13H20N2O2/c16-9-10-4-5-15-11(7-10)8-14-13(15)12-3-1-2-6-17-12/h8,10,12,16H,1-7,9H2. The highest BCUT2D eigenvalue weighted by molar-refractivity contribution is 5.11. The van der Waals surface area contributed by atoms with Gasteiger partial charge in [0, 0.05) is 31.6 Å². The molecule has 3 heterocycles. The molecule has 0 saturated carbocycles. The molecule has 2 aliphatic rings. The van der Waals surface area contributed by atoms with Crippen molar-refractivity contribution in [2.24, 2.45) is 5.92 Å². The minimum absolute atomic E-state index is 0.197. The van der Waals surface area contributed by atoms with Crippen LogP contribution in [-0.2, 0) is 17.7 Å². The van der Waals surface area contributed by atoms with E-state index in [4.69, 9.17) is 4.74 Å². The summed E-state index contributed by atoms with van der Waals surface area (Å²) in [6.07, 6.45) is 7.69. The second-order valence-corrected chi connectivity index (χ2v) is 5.16. The Morgan fingerprint density at radius 3 is 3.12 bits per heavy atom. The summed E-state index contributed by atoms with van der Waals surface area (Å²) in [5.74, 6) is 1.52. The molecule has 1 fully saturated rings. The first kappa shape index (κ1) is 11.2. The Morgan fingerprint density at radius 2 is 2.35 bits per heavy atom. The summed E-state index contributed by atoms with van der Waals surface area (Å²) in [4.78, 5) is 4.55. The fraction of sp³-hybridized carbons (Fsp3) is 0.769. The largest absolute Gasteiger partial charge is 0.396 e. The first-order valence-corrected chi connectivity index (χ1v) is 6.65. The van der Waals surface area contributed by atoms with E-state index < -0.39 is 0 Å². The van der Waals surface area contributed by atoms with Crippen LogP contribution in [0.1, 0.15) is 43.3 Å². The van der Waals surface area contributed by atoms with Crippen molar-refractivity contribution in [1.29, 1.82) is 0 Å². The summed E-state index contributed by atoms with van der Waals surface area (Å²) in [5, 5.41) is 9.22. The fourth-order valence-electron chi connectivity index (χ4n) is 2.91. The first-order chi connectivity index (χ1) is 8.38. The molecule has 1 N–H and O–H groups in total. The van der Waals surface area contributed by atoms with E-state index in [0.29, 0.717) is 12.5 Å². The number of aromatic nitrogens is 2. The van der Waals surface area contributed by atoms with Gasteiger partial charge in [0.2, 0.25) is 0 Å². The first-order valence-electron chi connectivity index (χ1n) is 6.65. The molecule has 1 aromatic heterocycles. The van der Waals surface area contributed by atoms with Crippen molar-refractivity contribution in [3.05, 3.63) is 17.7 Å². The van der Waals surface area contributed by atoms with Crippen molar-refractivity contribution in [2.75, 3.05) is 13.2 Å². The average Bonchev–Trinajstić information content (AvgIpc) is 2.82. The highest BCUT2D eigenvalue weighted by Gasteiger charge is 2.26. The molecular formula is C13H20N2O2. The van der Waals surface area contributed by atoms with E-state index in [1.165, 1.54) is 18.5 Å². The topological polar surface area (TPSA) is 47.3 Å². The van der Waals surface area contributed by atoms with Crippen LogP contribution < -0.4 is 0 Å². The Kier molecular flexibility index (Phi) is 3.16. The predicted molar refractivity (Wildman–Crippen MR) is 63.7 cm³/mol. The Morgan fingerprint density at radius 1 is 1.41 bits per heavy atom. The van der Waals surface area contributed by atoms with Gasteiger partial charge in [-0.1, -0.05) is 0 Å². The maximum Gasteiger partial charge on any atom is 0.138 e. The van der Waals surface area contributed by atoms with Crippen LogP contribution in [0.15, 0.2) is 6.20 Å². The minimum atomic E-state index is 0.197. The number of aliphatic hydroxyl groups is 1. The van der Waals surface area contributed by atoms with Crippen LogP contribution >= 0.6 is 0 Å². The van der Waals surface area contributed by atoms with Crippen molar-refractivity contribution in [2.45, 2.75) is 44.8 Å². The molecule has 0 aromatic carbocycles. The van der Waals surface area contributed by atoms with E-state index in [1.54, 1.807) is 0 Å². The number of rotatable bonds is 2. The third-order valence-corrected chi connectivity index (χ3v) is 3.95. The van der Waals surface area contributed by atoms with Crippen molar-refractivity contribution < 1.29 is 9.84 Å². The molecule has 4 heteroatoms. The van der Waals surface area contributed by atoms with Gasteiger partial charge in [-0.3, -0.25) is 0 Å². The van der Waals surface area contributed by atoms with Gasteiger partial charge in [-0.05, 0) is 38.0 Å². The lowest BCUT2D eigenvalue weighted by molar-refractivity contribution is 0.00661. The summed E-state index contributed by atoms with van der Waals surface area (Å²) in [7, 11) is 0. The zero-order valence-electron chi connectivity index (χ0n) is 10.1. The van der Waals surface area contributed by atoms with Crippen LogP contribution in [0.5, 0.6) is 0 Å². The molecular weight excluding hydrogens is 216 g/mol. The van der Waals surface area contributed by atoms with Crippen LogP contribution in [0.25, 0.3) is 0 Å². The maximum atomic E-state index is 9.22. The lowest BCUT2D eigenvalue weighted by Crippen LogP contribution is -2.24. The van der Waals surface area contributed by atoms with E-state index in [0.717, 1.165) is 38.2 Å². The van der Waals surface area contributed by atoms with Crippen LogP contribution in [0.3, 0.4) is 0 Å². The summed E-state index contributed by atoms with van der Waals surface area (Å²) in [5.41, 5.74) is 1.26. The van der Waals surface area contributed by atoms with E-state index in [2.05, 4.69) is 9.55 Å². The van der Waals surface area contributed by atoms with Gasteiger partial charge in [0.05, 0.1) is 0 Å². The Balaban J connectivity index is 1.80. The van der Waals surface area contributed by atoms with Gasteiger partial charge in [0.1, 0.15) is 11.9 Å². The summed E-state index contributed by atoms with van der Waals surface area (Å²) in [6, 6.07) is 0. The molecule has 2 unspecified atom stereocenters. The van der Waals surface area contributed by atoms with Crippen LogP contribution in [-0.4, -0.2) is 27.9 Å². The van der Waals surface area contributed by atoms with Crippen molar-refractivity contribution in [1.82, 2.24) is 9.55 Å². The molecule has 2 atom stereocenters. The molecule has 1 saturated heterocycles. The van der Waals surface area contributed by atoms with E-state index in [9.17, 15) is 5.11 Å². The highest BCUT2D eigenvalue weighted by Crippen LogP contribution is 2.30. The second kappa shape index (κ2) is 4.78. The van der Waals surface area contributed by atoms with E-state index >= 15 is 0 Å². The third-order valence-electron chi connectivity index (χ3n) is 3.95. The zero-order valence-corrected chi connectivity index (χ0v) is 10.1. The number of ether oxygens (including phenoxy) is 1. The third kappa shape index (κ3) is 2.11. The molecule has 2 aliphatic heterocycles. The monoisotopic (exact) mass is 236 g/mol. The number of fused-ring (bicyclic) bond motifs is 1. The van der Waals surface area contributed by atoms with E-state index in [-0.39, 0.29) is 6.10 Å². The average molecular weight is 236 g/mol. The summed E-state index contributed by atoms with van der Waals surface area (Å²) >= 11 is 0. The second-order valence-electron chi connectivity index (χ2n) is 5.16. The lowest BCUT2D eigenvalue weighted by atomic mass is 9.97. The fourth-order valence-corrected chi connectivity index (χ4v) is 2.91. The van der Waals surface area contributed by atoms with Gasteiger partial charge >= 0.3 is 0 Å². The van der Waals surface area contributed by atoms with Crippen molar-refractivity contribution in [3.8, 4) is 0 Å². The number of hydrogen-bond acceptors (Lipinski definition) is 3. The van der Waals surface area contributed by atoms with Crippen LogP contribution in [0, 0.1) is 5.92 Å². The van der Waals surface area contributed by atoms with Gasteiger partial charge in [-0.2, -0.15) is 0 Å². The molecule has 94 valence electrons. The van der Waals surface area contributed by atoms with Crippen molar-refractivity contribution >= 4 is 0 Å². The van der Waals surface area contributed by atoms with Gasteiger partial charge in [0.25, 0.3) is 0 Å². The molecule has 0 spiro atoms. The maximum absolute atomic E-state index is 9.22. The Hall–Kier alpha value is -0.870. The number of hydrogen-bond donors (Lipinski definition) is 1. The number of imidazole rings is 1. The molecule has 17 heavy (non-hydrogen) atoms. The van der Waals surface area contributed by atoms with Crippen molar-refractivity contribution in [3.63, 3.8) is 0 Å². The highest BCUT2D eigenvalue weighted by atomic mass is 16.5. The predicted octanol–water partition coefficient (Wildman–Crippen LogP) is 1.68. The zero-order chi connectivity index (χ0) is 11.7. The normalized spacial score (nSPS) is 29.0. The van der Waals surface area contributed by atoms with Gasteiger partial charge < -0.3 is 14.4 Å². The SMILES string of the molecule is OCC1CCn2c(cnc2C2CCCCO2)C1.